The maximum absolute atomic E-state index is 9.50. The van der Waals surface area contributed by atoms with Crippen molar-refractivity contribution in [2.75, 3.05) is 5.32 Å². The molecule has 0 saturated carbocycles. The van der Waals surface area contributed by atoms with Gasteiger partial charge in [-0.3, -0.25) is 4.40 Å². The Morgan fingerprint density at radius 3 is 2.50 bits per heavy atom. The summed E-state index contributed by atoms with van der Waals surface area (Å²) < 4.78 is 1.95. The SMILES string of the molecule is Cc1cccc(C)c1CNc1cccn2c(CO)c(C)nc12. The topological polar surface area (TPSA) is 49.6 Å². The van der Waals surface area contributed by atoms with Gasteiger partial charge in [0.2, 0.25) is 0 Å². The predicted octanol–water partition coefficient (Wildman–Crippen LogP) is 3.36. The molecule has 0 saturated heterocycles. The van der Waals surface area contributed by atoms with Gasteiger partial charge in [-0.25, -0.2) is 4.98 Å². The van der Waals surface area contributed by atoms with Gasteiger partial charge in [-0.15, -0.1) is 0 Å². The van der Waals surface area contributed by atoms with E-state index in [1.807, 2.05) is 29.7 Å². The summed E-state index contributed by atoms with van der Waals surface area (Å²) in [5, 5.41) is 13.0. The van der Waals surface area contributed by atoms with Crippen molar-refractivity contribution in [1.82, 2.24) is 9.38 Å². The van der Waals surface area contributed by atoms with Crippen molar-refractivity contribution in [2.24, 2.45) is 0 Å². The van der Waals surface area contributed by atoms with E-state index >= 15 is 0 Å². The molecule has 1 aromatic carbocycles. The number of rotatable bonds is 4. The fourth-order valence-corrected chi connectivity index (χ4v) is 2.87. The van der Waals surface area contributed by atoms with Crippen molar-refractivity contribution in [1.29, 1.82) is 0 Å². The Kier molecular flexibility index (Phi) is 3.86. The highest BCUT2D eigenvalue weighted by atomic mass is 16.3. The van der Waals surface area contributed by atoms with E-state index in [4.69, 9.17) is 0 Å². The summed E-state index contributed by atoms with van der Waals surface area (Å²) in [7, 11) is 0. The number of anilines is 1. The van der Waals surface area contributed by atoms with Crippen LogP contribution in [0.25, 0.3) is 5.65 Å². The first-order chi connectivity index (χ1) is 10.6. The van der Waals surface area contributed by atoms with Crippen LogP contribution in [0.5, 0.6) is 0 Å². The number of imidazole rings is 1. The lowest BCUT2D eigenvalue weighted by atomic mass is 10.0. The first kappa shape index (κ1) is 14.6. The van der Waals surface area contributed by atoms with Crippen LogP contribution in [0.2, 0.25) is 0 Å². The largest absolute Gasteiger partial charge is 0.390 e. The van der Waals surface area contributed by atoms with Crippen LogP contribution in [0.4, 0.5) is 5.69 Å². The molecule has 3 rings (SSSR count). The minimum Gasteiger partial charge on any atom is -0.390 e. The molecular formula is C18H21N3O. The average Bonchev–Trinajstić information content (AvgIpc) is 2.82. The molecule has 4 nitrogen and oxygen atoms in total. The summed E-state index contributed by atoms with van der Waals surface area (Å²) in [5.41, 5.74) is 7.43. The Hall–Kier alpha value is -2.33. The molecule has 2 N–H and O–H groups in total. The van der Waals surface area contributed by atoms with Crippen LogP contribution in [0, 0.1) is 20.8 Å². The van der Waals surface area contributed by atoms with Gasteiger partial charge in [0.1, 0.15) is 0 Å². The van der Waals surface area contributed by atoms with Crippen LogP contribution >= 0.6 is 0 Å². The number of nitrogens with one attached hydrogen (secondary N) is 1. The van der Waals surface area contributed by atoms with E-state index in [1.54, 1.807) is 0 Å². The highest BCUT2D eigenvalue weighted by molar-refractivity contribution is 5.68. The summed E-state index contributed by atoms with van der Waals surface area (Å²) >= 11 is 0. The second-order valence-electron chi connectivity index (χ2n) is 5.64. The van der Waals surface area contributed by atoms with E-state index < -0.39 is 0 Å². The lowest BCUT2D eigenvalue weighted by Crippen LogP contribution is -2.05. The van der Waals surface area contributed by atoms with Gasteiger partial charge >= 0.3 is 0 Å². The van der Waals surface area contributed by atoms with Crippen molar-refractivity contribution in [2.45, 2.75) is 33.9 Å². The Morgan fingerprint density at radius 1 is 1.09 bits per heavy atom. The molecule has 0 unspecified atom stereocenters. The summed E-state index contributed by atoms with van der Waals surface area (Å²) in [6.45, 7) is 6.95. The van der Waals surface area contributed by atoms with Crippen molar-refractivity contribution >= 4 is 11.3 Å². The summed E-state index contributed by atoms with van der Waals surface area (Å²) in [6, 6.07) is 10.3. The lowest BCUT2D eigenvalue weighted by molar-refractivity contribution is 0.275. The Balaban J connectivity index is 1.95. The third-order valence-corrected chi connectivity index (χ3v) is 4.20. The number of hydrogen-bond donors (Lipinski definition) is 2. The van der Waals surface area contributed by atoms with Crippen LogP contribution in [0.3, 0.4) is 0 Å². The van der Waals surface area contributed by atoms with Gasteiger partial charge in [0.25, 0.3) is 0 Å². The number of fused-ring (bicyclic) bond motifs is 1. The lowest BCUT2D eigenvalue weighted by Gasteiger charge is -2.12. The molecule has 4 heteroatoms. The molecule has 0 atom stereocenters. The van der Waals surface area contributed by atoms with Crippen LogP contribution < -0.4 is 5.32 Å². The molecule has 2 aromatic heterocycles. The second kappa shape index (κ2) is 5.81. The van der Waals surface area contributed by atoms with E-state index in [9.17, 15) is 5.11 Å². The molecule has 114 valence electrons. The first-order valence-electron chi connectivity index (χ1n) is 7.48. The molecule has 0 aliphatic heterocycles. The maximum Gasteiger partial charge on any atom is 0.160 e. The zero-order valence-electron chi connectivity index (χ0n) is 13.2. The minimum atomic E-state index is -0.00659. The third-order valence-electron chi connectivity index (χ3n) is 4.20. The zero-order valence-corrected chi connectivity index (χ0v) is 13.2. The number of aliphatic hydroxyl groups is 1. The van der Waals surface area contributed by atoms with Crippen LogP contribution in [0.15, 0.2) is 36.5 Å². The first-order valence-corrected chi connectivity index (χ1v) is 7.48. The highest BCUT2D eigenvalue weighted by Gasteiger charge is 2.11. The van der Waals surface area contributed by atoms with Gasteiger partial charge < -0.3 is 10.4 Å². The van der Waals surface area contributed by atoms with Gasteiger partial charge in [-0.05, 0) is 49.6 Å². The van der Waals surface area contributed by atoms with Crippen LogP contribution in [-0.2, 0) is 13.2 Å². The number of aromatic nitrogens is 2. The molecule has 0 bridgehead atoms. The normalized spacial score (nSPS) is 11.1. The molecule has 2 heterocycles. The molecule has 3 aromatic rings. The maximum atomic E-state index is 9.50. The molecule has 0 aliphatic rings. The second-order valence-corrected chi connectivity index (χ2v) is 5.64. The number of aliphatic hydroxyl groups excluding tert-OH is 1. The summed E-state index contributed by atoms with van der Waals surface area (Å²) in [6.07, 6.45) is 1.94. The predicted molar refractivity (Wildman–Crippen MR) is 89.1 cm³/mol. The summed E-state index contributed by atoms with van der Waals surface area (Å²) in [5.74, 6) is 0. The zero-order chi connectivity index (χ0) is 15.7. The quantitative estimate of drug-likeness (QED) is 0.776. The van der Waals surface area contributed by atoms with E-state index in [-0.39, 0.29) is 6.61 Å². The molecule has 0 radical (unpaired) electrons. The molecule has 0 spiro atoms. The third kappa shape index (κ3) is 2.46. The van der Waals surface area contributed by atoms with Crippen molar-refractivity contribution in [3.63, 3.8) is 0 Å². The van der Waals surface area contributed by atoms with E-state index in [0.29, 0.717) is 0 Å². The van der Waals surface area contributed by atoms with Crippen molar-refractivity contribution < 1.29 is 5.11 Å². The van der Waals surface area contributed by atoms with Crippen molar-refractivity contribution in [3.05, 3.63) is 64.6 Å². The molecule has 22 heavy (non-hydrogen) atoms. The average molecular weight is 295 g/mol. The van der Waals surface area contributed by atoms with Gasteiger partial charge in [0, 0.05) is 12.7 Å². The fraction of sp³-hybridized carbons (Fsp3) is 0.278. The Morgan fingerprint density at radius 2 is 1.82 bits per heavy atom. The van der Waals surface area contributed by atoms with E-state index in [2.05, 4.69) is 42.3 Å². The summed E-state index contributed by atoms with van der Waals surface area (Å²) in [4.78, 5) is 4.58. The van der Waals surface area contributed by atoms with Gasteiger partial charge in [0.05, 0.1) is 23.7 Å². The number of pyridine rings is 1. The molecular weight excluding hydrogens is 274 g/mol. The fourth-order valence-electron chi connectivity index (χ4n) is 2.87. The smallest absolute Gasteiger partial charge is 0.160 e. The monoisotopic (exact) mass is 295 g/mol. The standard InChI is InChI=1S/C18H21N3O/c1-12-6-4-7-13(2)15(12)10-19-16-8-5-9-21-17(11-22)14(3)20-18(16)21/h4-9,19,22H,10-11H2,1-3H3. The number of hydrogen-bond acceptors (Lipinski definition) is 3. The van der Waals surface area contributed by atoms with Gasteiger partial charge in [0.15, 0.2) is 5.65 Å². The molecule has 0 amide bonds. The molecule has 0 fully saturated rings. The van der Waals surface area contributed by atoms with Gasteiger partial charge in [-0.1, -0.05) is 18.2 Å². The number of benzene rings is 1. The number of nitrogens with zero attached hydrogens (tertiary/aromatic N) is 2. The Bertz CT molecular complexity index is 800. The van der Waals surface area contributed by atoms with E-state index in [0.717, 1.165) is 29.3 Å². The minimum absolute atomic E-state index is 0.00659. The highest BCUT2D eigenvalue weighted by Crippen LogP contribution is 2.22. The molecule has 0 aliphatic carbocycles. The Labute approximate surface area is 130 Å². The van der Waals surface area contributed by atoms with Crippen LogP contribution in [-0.4, -0.2) is 14.5 Å². The van der Waals surface area contributed by atoms with Crippen molar-refractivity contribution in [3.8, 4) is 0 Å². The van der Waals surface area contributed by atoms with Gasteiger partial charge in [-0.2, -0.15) is 0 Å². The van der Waals surface area contributed by atoms with Crippen LogP contribution in [0.1, 0.15) is 28.1 Å². The van der Waals surface area contributed by atoms with E-state index in [1.165, 1.54) is 16.7 Å². The number of aryl methyl sites for hydroxylation is 3.